The fourth-order valence-electron chi connectivity index (χ4n) is 4.10. The second-order valence-corrected chi connectivity index (χ2v) is 7.91. The molecule has 3 aromatic rings. The molecule has 0 saturated carbocycles. The number of benzene rings is 3. The molecule has 0 saturated heterocycles. The Morgan fingerprint density at radius 3 is 2.45 bits per heavy atom. The van der Waals surface area contributed by atoms with Crippen LogP contribution in [-0.4, -0.2) is 16.1 Å². The van der Waals surface area contributed by atoms with E-state index in [1.54, 1.807) is 31.2 Å². The molecule has 2 aliphatic rings. The molecule has 0 aliphatic carbocycles. The molecule has 0 amide bonds. The average molecular weight is 403 g/mol. The standard InChI is InChI=1S/C23H17NO4S/c1-12-3-6-18-20(9-12)27-21-11-15(25)5-8-19(21)23(18)17-7-4-14(24-13(2)29)10-16(17)22(26)28-23/h3-11,25H,1-2H3,(H,24,29). The summed E-state index contributed by atoms with van der Waals surface area (Å²) in [7, 11) is 0. The third-order valence-corrected chi connectivity index (χ3v) is 5.37. The fraction of sp³-hybridized carbons (Fsp3) is 0.130. The van der Waals surface area contributed by atoms with Crippen LogP contribution in [0.4, 0.5) is 5.69 Å². The first-order valence-corrected chi connectivity index (χ1v) is 9.57. The Bertz CT molecular complexity index is 1170. The SMILES string of the molecule is CC(=S)Nc1ccc2c(c1)C(=O)OC21c2ccc(C)cc2Oc2cc(O)ccc21. The molecule has 1 spiro atoms. The summed E-state index contributed by atoms with van der Waals surface area (Å²) in [6.45, 7) is 3.75. The monoisotopic (exact) mass is 403 g/mol. The van der Waals surface area contributed by atoms with E-state index in [0.717, 1.165) is 22.4 Å². The highest BCUT2D eigenvalue weighted by Crippen LogP contribution is 2.56. The normalized spacial score (nSPS) is 18.3. The summed E-state index contributed by atoms with van der Waals surface area (Å²) in [6.07, 6.45) is 0. The minimum Gasteiger partial charge on any atom is -0.508 e. The molecule has 5 rings (SSSR count). The third kappa shape index (κ3) is 2.53. The zero-order chi connectivity index (χ0) is 20.3. The minimum atomic E-state index is -1.14. The van der Waals surface area contributed by atoms with Crippen molar-refractivity contribution in [2.24, 2.45) is 0 Å². The number of hydrogen-bond acceptors (Lipinski definition) is 5. The predicted octanol–water partition coefficient (Wildman–Crippen LogP) is 5.03. The lowest BCUT2D eigenvalue weighted by Gasteiger charge is -2.36. The Morgan fingerprint density at radius 1 is 1.00 bits per heavy atom. The molecular weight excluding hydrogens is 386 g/mol. The van der Waals surface area contributed by atoms with Gasteiger partial charge in [0, 0.05) is 28.4 Å². The van der Waals surface area contributed by atoms with Gasteiger partial charge in [-0.25, -0.2) is 4.79 Å². The zero-order valence-corrected chi connectivity index (χ0v) is 16.6. The summed E-state index contributed by atoms with van der Waals surface area (Å²) in [4.78, 5) is 13.6. The van der Waals surface area contributed by atoms with Gasteiger partial charge in [-0.1, -0.05) is 30.4 Å². The van der Waals surface area contributed by atoms with Gasteiger partial charge in [-0.2, -0.15) is 0 Å². The highest BCUT2D eigenvalue weighted by atomic mass is 32.1. The van der Waals surface area contributed by atoms with E-state index in [2.05, 4.69) is 5.32 Å². The van der Waals surface area contributed by atoms with Gasteiger partial charge in [-0.05, 0) is 49.7 Å². The van der Waals surface area contributed by atoms with Crippen LogP contribution in [-0.2, 0) is 10.3 Å². The Labute approximate surface area is 172 Å². The molecule has 0 fully saturated rings. The van der Waals surface area contributed by atoms with E-state index >= 15 is 0 Å². The van der Waals surface area contributed by atoms with Crippen LogP contribution < -0.4 is 10.1 Å². The number of anilines is 1. The van der Waals surface area contributed by atoms with E-state index in [4.69, 9.17) is 21.7 Å². The molecule has 2 aliphatic heterocycles. The molecular formula is C23H17NO4S. The van der Waals surface area contributed by atoms with Gasteiger partial charge in [0.25, 0.3) is 0 Å². The molecule has 0 bridgehead atoms. The van der Waals surface area contributed by atoms with Gasteiger partial charge in [-0.3, -0.25) is 0 Å². The Kier molecular flexibility index (Phi) is 3.70. The van der Waals surface area contributed by atoms with Crippen LogP contribution in [0.15, 0.2) is 54.6 Å². The van der Waals surface area contributed by atoms with Crippen molar-refractivity contribution in [1.29, 1.82) is 0 Å². The van der Waals surface area contributed by atoms with Crippen LogP contribution in [0, 0.1) is 6.92 Å². The topological polar surface area (TPSA) is 67.8 Å². The molecule has 1 unspecified atom stereocenters. The quantitative estimate of drug-likeness (QED) is 0.439. The molecule has 0 aromatic heterocycles. The molecule has 1 atom stereocenters. The van der Waals surface area contributed by atoms with Crippen molar-refractivity contribution in [3.05, 3.63) is 82.4 Å². The Morgan fingerprint density at radius 2 is 1.69 bits per heavy atom. The van der Waals surface area contributed by atoms with E-state index in [0.29, 0.717) is 27.6 Å². The van der Waals surface area contributed by atoms with Crippen molar-refractivity contribution < 1.29 is 19.4 Å². The minimum absolute atomic E-state index is 0.0792. The number of carbonyl (C=O) groups excluding carboxylic acids is 1. The number of ether oxygens (including phenoxy) is 2. The van der Waals surface area contributed by atoms with Gasteiger partial charge in [0.1, 0.15) is 17.2 Å². The smallest absolute Gasteiger partial charge is 0.340 e. The van der Waals surface area contributed by atoms with Crippen LogP contribution in [0.5, 0.6) is 17.2 Å². The second-order valence-electron chi connectivity index (χ2n) is 7.29. The third-order valence-electron chi connectivity index (χ3n) is 5.27. The van der Waals surface area contributed by atoms with Crippen LogP contribution in [0.3, 0.4) is 0 Å². The summed E-state index contributed by atoms with van der Waals surface area (Å²) in [5.41, 5.74) is 3.23. The molecule has 3 aromatic carbocycles. The highest BCUT2D eigenvalue weighted by Gasteiger charge is 2.53. The lowest BCUT2D eigenvalue weighted by molar-refractivity contribution is 0.0224. The van der Waals surface area contributed by atoms with Crippen LogP contribution >= 0.6 is 12.2 Å². The number of phenols is 1. The van der Waals surface area contributed by atoms with Gasteiger partial charge < -0.3 is 19.9 Å². The van der Waals surface area contributed by atoms with Crippen molar-refractivity contribution in [3.8, 4) is 17.2 Å². The maximum Gasteiger partial charge on any atom is 0.340 e. The largest absolute Gasteiger partial charge is 0.508 e. The lowest BCUT2D eigenvalue weighted by Crippen LogP contribution is -2.33. The van der Waals surface area contributed by atoms with Crippen molar-refractivity contribution in [2.45, 2.75) is 19.4 Å². The van der Waals surface area contributed by atoms with Crippen LogP contribution in [0.2, 0.25) is 0 Å². The first kappa shape index (κ1) is 17.7. The Hall–Kier alpha value is -3.38. The summed E-state index contributed by atoms with van der Waals surface area (Å²) in [5, 5.41) is 13.0. The van der Waals surface area contributed by atoms with E-state index in [1.807, 2.05) is 37.3 Å². The summed E-state index contributed by atoms with van der Waals surface area (Å²) >= 11 is 5.11. The Balaban J connectivity index is 1.81. The average Bonchev–Trinajstić information content (AvgIpc) is 2.93. The van der Waals surface area contributed by atoms with E-state index < -0.39 is 11.6 Å². The van der Waals surface area contributed by atoms with E-state index in [-0.39, 0.29) is 5.75 Å². The zero-order valence-electron chi connectivity index (χ0n) is 15.8. The number of aromatic hydroxyl groups is 1. The molecule has 144 valence electrons. The van der Waals surface area contributed by atoms with E-state index in [1.165, 1.54) is 0 Å². The van der Waals surface area contributed by atoms with Gasteiger partial charge in [0.2, 0.25) is 0 Å². The molecule has 2 heterocycles. The van der Waals surface area contributed by atoms with Gasteiger partial charge in [0.05, 0.1) is 10.6 Å². The number of phenolic OH excluding ortho intramolecular Hbond substituents is 1. The van der Waals surface area contributed by atoms with Crippen molar-refractivity contribution in [1.82, 2.24) is 0 Å². The maximum absolute atomic E-state index is 13.0. The summed E-state index contributed by atoms with van der Waals surface area (Å²) in [5.74, 6) is 0.718. The first-order valence-electron chi connectivity index (χ1n) is 9.16. The van der Waals surface area contributed by atoms with Crippen molar-refractivity contribution in [2.75, 3.05) is 5.32 Å². The number of carbonyl (C=O) groups is 1. The number of thiocarbonyl (C=S) groups is 1. The predicted molar refractivity (Wildman–Crippen MR) is 113 cm³/mol. The van der Waals surface area contributed by atoms with Crippen molar-refractivity contribution >= 4 is 28.9 Å². The number of fused-ring (bicyclic) bond motifs is 6. The van der Waals surface area contributed by atoms with E-state index in [9.17, 15) is 9.90 Å². The highest BCUT2D eigenvalue weighted by molar-refractivity contribution is 7.80. The maximum atomic E-state index is 13.0. The molecule has 29 heavy (non-hydrogen) atoms. The van der Waals surface area contributed by atoms with Crippen LogP contribution in [0.25, 0.3) is 0 Å². The number of hydrogen-bond donors (Lipinski definition) is 2. The number of nitrogens with one attached hydrogen (secondary N) is 1. The molecule has 6 heteroatoms. The first-order chi connectivity index (χ1) is 13.9. The summed E-state index contributed by atoms with van der Waals surface area (Å²) in [6, 6.07) is 16.2. The second kappa shape index (κ2) is 6.06. The fourth-order valence-corrected chi connectivity index (χ4v) is 4.22. The number of aryl methyl sites for hydroxylation is 1. The van der Waals surface area contributed by atoms with Gasteiger partial charge >= 0.3 is 5.97 Å². The molecule has 5 nitrogen and oxygen atoms in total. The molecule has 0 radical (unpaired) electrons. The summed E-state index contributed by atoms with van der Waals surface area (Å²) < 4.78 is 12.2. The lowest BCUT2D eigenvalue weighted by atomic mass is 9.77. The van der Waals surface area contributed by atoms with Crippen LogP contribution in [0.1, 0.15) is 39.5 Å². The van der Waals surface area contributed by atoms with Crippen molar-refractivity contribution in [3.63, 3.8) is 0 Å². The van der Waals surface area contributed by atoms with Gasteiger partial charge in [0.15, 0.2) is 5.60 Å². The number of esters is 1. The van der Waals surface area contributed by atoms with Gasteiger partial charge in [-0.15, -0.1) is 0 Å². The number of rotatable bonds is 1. The molecule has 2 N–H and O–H groups in total.